The Hall–Kier alpha value is -5.30. The number of nitrogens with one attached hydrogen (secondary N) is 2. The molecule has 0 unspecified atom stereocenters. The normalized spacial score (nSPS) is 19.7. The fourth-order valence-corrected chi connectivity index (χ4v) is 11.6. The molecule has 56 heavy (non-hydrogen) atoms. The number of imidazole rings is 1. The first-order valence-corrected chi connectivity index (χ1v) is 23.2. The van der Waals surface area contributed by atoms with E-state index in [9.17, 15) is 19.2 Å². The van der Waals surface area contributed by atoms with Crippen LogP contribution in [0.25, 0.3) is 33.2 Å². The molecule has 0 spiro atoms. The Morgan fingerprint density at radius 1 is 0.911 bits per heavy atom. The highest BCUT2D eigenvalue weighted by atomic mass is 28.3. The summed E-state index contributed by atoms with van der Waals surface area (Å²) in [5.41, 5.74) is 7.25. The molecule has 4 heterocycles. The maximum Gasteiger partial charge on any atom is 0.407 e. The number of ether oxygens (including phenoxy) is 2. The van der Waals surface area contributed by atoms with Crippen molar-refractivity contribution in [2.75, 3.05) is 26.9 Å². The number of esters is 1. The third kappa shape index (κ3) is 7.73. The number of aromatic amines is 1. The minimum Gasteiger partial charge on any atom is -0.469 e. The number of H-pyrrole nitrogens is 1. The SMILES string of the molecule is CC[C@H](CC(=O)OC)C(=O)N1CCC[C@H]1C1=Nc2ccc3cc(-c4ccc(-c5cnc([C@@H]6C[Si](C)(C)CN6C(=O)[C@H](CC)NC(=O)OC)[nH]5)cc4)ccc3c2C1. The van der Waals surface area contributed by atoms with Gasteiger partial charge < -0.3 is 29.6 Å². The number of aromatic nitrogens is 2. The molecule has 3 aromatic carbocycles. The van der Waals surface area contributed by atoms with Gasteiger partial charge in [-0.1, -0.05) is 69.4 Å². The summed E-state index contributed by atoms with van der Waals surface area (Å²) in [7, 11) is 0.941. The van der Waals surface area contributed by atoms with Crippen LogP contribution >= 0.6 is 0 Å². The third-order valence-electron chi connectivity index (χ3n) is 11.8. The van der Waals surface area contributed by atoms with Gasteiger partial charge in [0.15, 0.2) is 0 Å². The van der Waals surface area contributed by atoms with E-state index >= 15 is 0 Å². The predicted molar refractivity (Wildman–Crippen MR) is 219 cm³/mol. The lowest BCUT2D eigenvalue weighted by atomic mass is 9.94. The zero-order valence-corrected chi connectivity index (χ0v) is 34.2. The molecule has 294 valence electrons. The van der Waals surface area contributed by atoms with E-state index in [-0.39, 0.29) is 42.2 Å². The van der Waals surface area contributed by atoms with Gasteiger partial charge in [0.1, 0.15) is 11.9 Å². The van der Waals surface area contributed by atoms with E-state index in [4.69, 9.17) is 19.5 Å². The summed E-state index contributed by atoms with van der Waals surface area (Å²) in [6.07, 6.45) is 5.57. The van der Waals surface area contributed by atoms with Gasteiger partial charge in [-0.05, 0) is 76.9 Å². The van der Waals surface area contributed by atoms with Gasteiger partial charge in [-0.15, -0.1) is 0 Å². The van der Waals surface area contributed by atoms with Crippen LogP contribution in [0.1, 0.15) is 63.4 Å². The van der Waals surface area contributed by atoms with Crippen LogP contribution in [-0.2, 0) is 30.3 Å². The first-order valence-electron chi connectivity index (χ1n) is 19.7. The number of carbonyl (C=O) groups is 4. The average Bonchev–Trinajstić information content (AvgIpc) is 4.03. The smallest absolute Gasteiger partial charge is 0.407 e. The third-order valence-corrected chi connectivity index (χ3v) is 14.4. The van der Waals surface area contributed by atoms with E-state index in [1.165, 1.54) is 19.8 Å². The Bertz CT molecular complexity index is 2180. The largest absolute Gasteiger partial charge is 0.469 e. The van der Waals surface area contributed by atoms with Crippen molar-refractivity contribution in [2.45, 2.75) is 89.6 Å². The molecule has 0 radical (unpaired) electrons. The molecule has 4 atom stereocenters. The van der Waals surface area contributed by atoms with Crippen LogP contribution in [0.2, 0.25) is 19.1 Å². The fraction of sp³-hybridized carbons (Fsp3) is 0.442. The van der Waals surface area contributed by atoms with Crippen LogP contribution < -0.4 is 5.32 Å². The quantitative estimate of drug-likeness (QED) is 0.120. The molecule has 3 aliphatic heterocycles. The highest BCUT2D eigenvalue weighted by Crippen LogP contribution is 2.40. The van der Waals surface area contributed by atoms with Crippen molar-refractivity contribution < 1.29 is 28.7 Å². The Morgan fingerprint density at radius 3 is 2.38 bits per heavy atom. The molecule has 2 fully saturated rings. The van der Waals surface area contributed by atoms with Crippen LogP contribution in [0.5, 0.6) is 0 Å². The number of amides is 3. The molecule has 0 bridgehead atoms. The highest BCUT2D eigenvalue weighted by Gasteiger charge is 2.45. The summed E-state index contributed by atoms with van der Waals surface area (Å²) in [5, 5.41) is 4.99. The Balaban J connectivity index is 1.05. The maximum absolute atomic E-state index is 13.7. The second-order valence-corrected chi connectivity index (χ2v) is 21.1. The van der Waals surface area contributed by atoms with Crippen molar-refractivity contribution in [3.63, 3.8) is 0 Å². The molecule has 12 nitrogen and oxygen atoms in total. The van der Waals surface area contributed by atoms with Crippen molar-refractivity contribution >= 4 is 54.1 Å². The lowest BCUT2D eigenvalue weighted by molar-refractivity contribution is -0.146. The molecule has 4 aromatic rings. The van der Waals surface area contributed by atoms with Gasteiger partial charge in [0, 0.05) is 30.8 Å². The summed E-state index contributed by atoms with van der Waals surface area (Å²) in [5.74, 6) is -0.0747. The molecular formula is C43H52N6O6Si. The number of aliphatic imine (C=N–C) groups is 1. The monoisotopic (exact) mass is 776 g/mol. The first kappa shape index (κ1) is 39.0. The molecule has 0 aliphatic carbocycles. The van der Waals surface area contributed by atoms with Crippen LogP contribution in [0.15, 0.2) is 65.8 Å². The fourth-order valence-electron chi connectivity index (χ4n) is 8.70. The number of alkyl carbamates (subject to hydrolysis) is 1. The predicted octanol–water partition coefficient (Wildman–Crippen LogP) is 7.37. The van der Waals surface area contributed by atoms with Crippen molar-refractivity contribution in [2.24, 2.45) is 10.9 Å². The minimum atomic E-state index is -1.72. The number of methoxy groups -OCH3 is 2. The molecule has 3 amide bonds. The minimum absolute atomic E-state index is 0.0157. The van der Waals surface area contributed by atoms with Crippen molar-refractivity contribution in [1.82, 2.24) is 25.1 Å². The van der Waals surface area contributed by atoms with E-state index < -0.39 is 20.2 Å². The summed E-state index contributed by atoms with van der Waals surface area (Å²) in [6, 6.07) is 19.2. The van der Waals surface area contributed by atoms with Crippen LogP contribution in [0.3, 0.4) is 0 Å². The number of nitrogens with zero attached hydrogens (tertiary/aromatic N) is 4. The summed E-state index contributed by atoms with van der Waals surface area (Å²) < 4.78 is 9.62. The summed E-state index contributed by atoms with van der Waals surface area (Å²) in [4.78, 5) is 68.3. The van der Waals surface area contributed by atoms with E-state index in [2.05, 4.69) is 78.0 Å². The van der Waals surface area contributed by atoms with Gasteiger partial charge in [0.05, 0.1) is 58.4 Å². The average molecular weight is 777 g/mol. The van der Waals surface area contributed by atoms with Gasteiger partial charge in [-0.2, -0.15) is 0 Å². The van der Waals surface area contributed by atoms with Crippen molar-refractivity contribution in [3.05, 3.63) is 72.2 Å². The van der Waals surface area contributed by atoms with E-state index in [1.54, 1.807) is 0 Å². The van der Waals surface area contributed by atoms with Crippen LogP contribution in [0, 0.1) is 5.92 Å². The highest BCUT2D eigenvalue weighted by molar-refractivity contribution is 6.78. The lowest BCUT2D eigenvalue weighted by Gasteiger charge is -2.28. The lowest BCUT2D eigenvalue weighted by Crippen LogP contribution is -2.49. The van der Waals surface area contributed by atoms with Gasteiger partial charge in [0.2, 0.25) is 11.8 Å². The van der Waals surface area contributed by atoms with Crippen molar-refractivity contribution in [3.8, 4) is 22.4 Å². The second-order valence-electron chi connectivity index (χ2n) is 16.1. The number of fused-ring (bicyclic) bond motifs is 3. The molecule has 2 N–H and O–H groups in total. The number of likely N-dealkylation sites (tertiary alicyclic amines) is 1. The number of hydrogen-bond acceptors (Lipinski definition) is 8. The van der Waals surface area contributed by atoms with Crippen LogP contribution in [-0.4, -0.2) is 96.4 Å². The van der Waals surface area contributed by atoms with Gasteiger partial charge in [0.25, 0.3) is 0 Å². The Kier molecular flexibility index (Phi) is 11.2. The van der Waals surface area contributed by atoms with Crippen molar-refractivity contribution in [1.29, 1.82) is 0 Å². The molecule has 3 aliphatic rings. The molecule has 0 saturated carbocycles. The van der Waals surface area contributed by atoms with E-state index in [1.807, 2.05) is 29.8 Å². The van der Waals surface area contributed by atoms with Crippen LogP contribution in [0.4, 0.5) is 10.5 Å². The topological polar surface area (TPSA) is 146 Å². The van der Waals surface area contributed by atoms with Gasteiger partial charge >= 0.3 is 12.1 Å². The zero-order valence-electron chi connectivity index (χ0n) is 33.2. The number of hydrogen-bond donors (Lipinski definition) is 2. The molecule has 7 rings (SSSR count). The number of benzene rings is 3. The molecule has 2 saturated heterocycles. The Morgan fingerprint density at radius 2 is 1.66 bits per heavy atom. The molecule has 13 heteroatoms. The summed E-state index contributed by atoms with van der Waals surface area (Å²) >= 11 is 0. The van der Waals surface area contributed by atoms with E-state index in [0.29, 0.717) is 32.0 Å². The number of rotatable bonds is 11. The van der Waals surface area contributed by atoms with E-state index in [0.717, 1.165) is 69.3 Å². The molecule has 1 aromatic heterocycles. The van der Waals surface area contributed by atoms with Gasteiger partial charge in [-0.25, -0.2) is 9.78 Å². The zero-order chi connectivity index (χ0) is 39.7. The van der Waals surface area contributed by atoms with Gasteiger partial charge in [-0.3, -0.25) is 19.4 Å². The molecular weight excluding hydrogens is 725 g/mol. The maximum atomic E-state index is 13.7. The summed E-state index contributed by atoms with van der Waals surface area (Å²) in [6.45, 7) is 9.06. The second kappa shape index (κ2) is 16.0. The number of carbonyl (C=O) groups excluding carboxylic acids is 4. The standard InChI is InChI=1S/C43H52N6O6Si/c1-7-26(21-39(50)54-3)41(51)48-19-9-10-37(48)35-22-32-31-17-15-29(20-30(31)16-18-34(32)45-35)27-11-13-28(14-12-27)36-23-44-40(46-36)38-24-56(5,6)25-49(38)42(52)33(8-2)47-43(53)55-4/h11-18,20,23,26,33,37-38H,7-10,19,21-22,24-25H2,1-6H3,(H,44,46)(H,47,53)/t26-,33+,37+,38+/m1/s1. The first-order chi connectivity index (χ1) is 26.9. The Labute approximate surface area is 329 Å².